The van der Waals surface area contributed by atoms with Crippen LogP contribution in [0.5, 0.6) is 0 Å². The smallest absolute Gasteiger partial charge is 0.273 e. The van der Waals surface area contributed by atoms with Crippen molar-refractivity contribution >= 4 is 5.91 Å². The Kier molecular flexibility index (Phi) is 6.89. The number of carbonyl (C=O) groups excluding carboxylic acids is 1. The number of carbonyl (C=O) groups is 1. The van der Waals surface area contributed by atoms with E-state index in [9.17, 15) is 4.79 Å². The molecule has 0 saturated heterocycles. The second kappa shape index (κ2) is 8.17. The van der Waals surface area contributed by atoms with Crippen LogP contribution in [0.1, 0.15) is 63.2 Å². The largest absolute Gasteiger partial charge is 0.361 e. The van der Waals surface area contributed by atoms with Gasteiger partial charge >= 0.3 is 0 Å². The first kappa shape index (κ1) is 17.7. The van der Waals surface area contributed by atoms with E-state index < -0.39 is 0 Å². The summed E-state index contributed by atoms with van der Waals surface area (Å²) in [6.07, 6.45) is 3.85. The number of hydrogen-bond acceptors (Lipinski definition) is 4. The molecule has 0 aliphatic rings. The number of aryl methyl sites for hydroxylation is 1. The molecule has 1 aromatic rings. The summed E-state index contributed by atoms with van der Waals surface area (Å²) in [4.78, 5) is 14.5. The monoisotopic (exact) mass is 295 g/mol. The molecule has 0 unspecified atom stereocenters. The van der Waals surface area contributed by atoms with Crippen LogP contribution in [0.4, 0.5) is 0 Å². The third kappa shape index (κ3) is 4.30. The second-order valence-corrected chi connectivity index (χ2v) is 5.57. The lowest BCUT2D eigenvalue weighted by atomic mass is 9.90. The van der Waals surface area contributed by atoms with Gasteiger partial charge in [0.05, 0.1) is 0 Å². The van der Waals surface area contributed by atoms with Crippen molar-refractivity contribution < 1.29 is 9.32 Å². The standard InChI is InChI=1S/C16H29N3O2/c1-6-10-19(5)16(8-3,9-4)12-17-15(20)14-11-13(7-2)21-18-14/h11H,6-10,12H2,1-5H3,(H,17,20). The summed E-state index contributed by atoms with van der Waals surface area (Å²) < 4.78 is 5.08. The molecule has 0 saturated carbocycles. The molecular formula is C16H29N3O2. The van der Waals surface area contributed by atoms with E-state index >= 15 is 0 Å². The van der Waals surface area contributed by atoms with Gasteiger partial charge in [0.1, 0.15) is 5.76 Å². The van der Waals surface area contributed by atoms with Crippen molar-refractivity contribution in [2.45, 2.75) is 58.9 Å². The van der Waals surface area contributed by atoms with Gasteiger partial charge in [-0.3, -0.25) is 9.69 Å². The van der Waals surface area contributed by atoms with Gasteiger partial charge in [-0.25, -0.2) is 0 Å². The highest BCUT2D eigenvalue weighted by Gasteiger charge is 2.31. The molecule has 21 heavy (non-hydrogen) atoms. The molecule has 1 N–H and O–H groups in total. The minimum atomic E-state index is -0.158. The van der Waals surface area contributed by atoms with Gasteiger partial charge in [-0.05, 0) is 32.9 Å². The highest BCUT2D eigenvalue weighted by Crippen LogP contribution is 2.22. The second-order valence-electron chi connectivity index (χ2n) is 5.57. The quantitative estimate of drug-likeness (QED) is 0.761. The third-order valence-corrected chi connectivity index (χ3v) is 4.40. The van der Waals surface area contributed by atoms with Gasteiger partial charge in [-0.1, -0.05) is 32.9 Å². The van der Waals surface area contributed by atoms with E-state index in [0.29, 0.717) is 12.2 Å². The molecule has 0 aliphatic carbocycles. The number of hydrogen-bond donors (Lipinski definition) is 1. The zero-order valence-corrected chi connectivity index (χ0v) is 14.0. The summed E-state index contributed by atoms with van der Waals surface area (Å²) in [5.41, 5.74) is 0.370. The normalized spacial score (nSPS) is 11.9. The van der Waals surface area contributed by atoms with Crippen LogP contribution in [0, 0.1) is 0 Å². The van der Waals surface area contributed by atoms with Crippen LogP contribution in [0.2, 0.25) is 0 Å². The maximum atomic E-state index is 12.2. The van der Waals surface area contributed by atoms with Crippen LogP contribution in [-0.4, -0.2) is 41.6 Å². The molecule has 120 valence electrons. The molecule has 0 spiro atoms. The van der Waals surface area contributed by atoms with Crippen molar-refractivity contribution in [1.82, 2.24) is 15.4 Å². The Morgan fingerprint density at radius 1 is 1.33 bits per heavy atom. The van der Waals surface area contributed by atoms with Crippen LogP contribution in [0.25, 0.3) is 0 Å². The minimum absolute atomic E-state index is 0.00297. The summed E-state index contributed by atoms with van der Waals surface area (Å²) in [5.74, 6) is 0.579. The Labute approximate surface area is 128 Å². The fraction of sp³-hybridized carbons (Fsp3) is 0.750. The molecule has 1 aromatic heterocycles. The predicted octanol–water partition coefficient (Wildman–Crippen LogP) is 2.87. The molecule has 5 heteroatoms. The van der Waals surface area contributed by atoms with Gasteiger partial charge in [0.2, 0.25) is 0 Å². The van der Waals surface area contributed by atoms with E-state index in [1.54, 1.807) is 6.07 Å². The molecule has 1 heterocycles. The molecule has 0 bridgehead atoms. The molecule has 0 radical (unpaired) electrons. The number of aromatic nitrogens is 1. The van der Waals surface area contributed by atoms with Gasteiger partial charge in [0, 0.05) is 24.6 Å². The first-order valence-corrected chi connectivity index (χ1v) is 7.98. The first-order chi connectivity index (χ1) is 10.0. The lowest BCUT2D eigenvalue weighted by molar-refractivity contribution is 0.0819. The molecule has 5 nitrogen and oxygen atoms in total. The van der Waals surface area contributed by atoms with Gasteiger partial charge in [0.25, 0.3) is 5.91 Å². The molecule has 0 aromatic carbocycles. The van der Waals surface area contributed by atoms with Crippen LogP contribution in [0.3, 0.4) is 0 Å². The molecular weight excluding hydrogens is 266 g/mol. The third-order valence-electron chi connectivity index (χ3n) is 4.40. The Morgan fingerprint density at radius 3 is 2.48 bits per heavy atom. The fourth-order valence-corrected chi connectivity index (χ4v) is 2.67. The molecule has 0 atom stereocenters. The lowest BCUT2D eigenvalue weighted by Crippen LogP contribution is -2.53. The number of amides is 1. The molecule has 1 rings (SSSR count). The van der Waals surface area contributed by atoms with Crippen molar-refractivity contribution in [2.24, 2.45) is 0 Å². The first-order valence-electron chi connectivity index (χ1n) is 7.98. The maximum absolute atomic E-state index is 12.2. The lowest BCUT2D eigenvalue weighted by Gasteiger charge is -2.41. The van der Waals surface area contributed by atoms with Crippen molar-refractivity contribution in [3.05, 3.63) is 17.5 Å². The Hall–Kier alpha value is -1.36. The molecule has 1 amide bonds. The van der Waals surface area contributed by atoms with Gasteiger partial charge in [-0.15, -0.1) is 0 Å². The average molecular weight is 295 g/mol. The topological polar surface area (TPSA) is 58.4 Å². The van der Waals surface area contributed by atoms with Gasteiger partial charge in [-0.2, -0.15) is 0 Å². The van der Waals surface area contributed by atoms with Gasteiger partial charge in [0.15, 0.2) is 5.69 Å². The summed E-state index contributed by atoms with van der Waals surface area (Å²) >= 11 is 0. The van der Waals surface area contributed by atoms with Gasteiger partial charge < -0.3 is 9.84 Å². The van der Waals surface area contributed by atoms with Crippen molar-refractivity contribution in [3.63, 3.8) is 0 Å². The van der Waals surface area contributed by atoms with Crippen LogP contribution < -0.4 is 5.32 Å². The highest BCUT2D eigenvalue weighted by atomic mass is 16.5. The molecule has 0 fully saturated rings. The average Bonchev–Trinajstić information content (AvgIpc) is 2.98. The van der Waals surface area contributed by atoms with E-state index in [2.05, 4.69) is 43.2 Å². The minimum Gasteiger partial charge on any atom is -0.361 e. The van der Waals surface area contributed by atoms with Crippen LogP contribution in [-0.2, 0) is 6.42 Å². The predicted molar refractivity (Wildman–Crippen MR) is 84.4 cm³/mol. The zero-order chi connectivity index (χ0) is 15.9. The summed E-state index contributed by atoms with van der Waals surface area (Å²) in [5, 5.41) is 6.84. The van der Waals surface area contributed by atoms with E-state index in [-0.39, 0.29) is 11.4 Å². The van der Waals surface area contributed by atoms with Crippen molar-refractivity contribution in [1.29, 1.82) is 0 Å². The fourth-order valence-electron chi connectivity index (χ4n) is 2.67. The number of nitrogens with zero attached hydrogens (tertiary/aromatic N) is 2. The summed E-state index contributed by atoms with van der Waals surface area (Å²) in [7, 11) is 2.13. The van der Waals surface area contributed by atoms with Crippen molar-refractivity contribution in [2.75, 3.05) is 20.1 Å². The van der Waals surface area contributed by atoms with E-state index in [1.807, 2.05) is 6.92 Å². The molecule has 0 aliphatic heterocycles. The van der Waals surface area contributed by atoms with E-state index in [4.69, 9.17) is 4.52 Å². The van der Waals surface area contributed by atoms with Crippen LogP contribution in [0.15, 0.2) is 10.6 Å². The van der Waals surface area contributed by atoms with Crippen LogP contribution >= 0.6 is 0 Å². The Balaban J connectivity index is 2.70. The Bertz CT molecular complexity index is 438. The number of rotatable bonds is 9. The number of nitrogens with one attached hydrogen (secondary N) is 1. The number of likely N-dealkylation sites (N-methyl/N-ethyl adjacent to an activating group) is 1. The summed E-state index contributed by atoms with van der Waals surface area (Å²) in [6.45, 7) is 10.2. The zero-order valence-electron chi connectivity index (χ0n) is 14.0. The summed E-state index contributed by atoms with van der Waals surface area (Å²) in [6, 6.07) is 1.71. The SMILES string of the molecule is CCCN(C)C(CC)(CC)CNC(=O)c1cc(CC)on1. The van der Waals surface area contributed by atoms with Crippen molar-refractivity contribution in [3.8, 4) is 0 Å². The van der Waals surface area contributed by atoms with E-state index in [0.717, 1.165) is 38.0 Å². The highest BCUT2D eigenvalue weighted by molar-refractivity contribution is 5.92. The van der Waals surface area contributed by atoms with E-state index in [1.165, 1.54) is 0 Å². The Morgan fingerprint density at radius 2 is 2.00 bits per heavy atom. The maximum Gasteiger partial charge on any atom is 0.273 e.